The van der Waals surface area contributed by atoms with Crippen molar-refractivity contribution in [3.05, 3.63) is 34.9 Å². The maximum Gasteiger partial charge on any atom is 0.260 e. The van der Waals surface area contributed by atoms with Crippen LogP contribution in [0.15, 0.2) is 12.1 Å². The molecular weight excluding hydrogens is 280 g/mol. The zero-order valence-corrected chi connectivity index (χ0v) is 11.8. The fourth-order valence-corrected chi connectivity index (χ4v) is 2.90. The average molecular weight is 297 g/mol. The van der Waals surface area contributed by atoms with Crippen molar-refractivity contribution in [2.24, 2.45) is 0 Å². The molecule has 0 atom stereocenters. The SMILES string of the molecule is Cc1ccc(F)c(C(=O)N2CCCC3(C2)OCCO3)c1F. The number of aryl methyl sites for hydroxylation is 1. The molecule has 114 valence electrons. The summed E-state index contributed by atoms with van der Waals surface area (Å²) in [6, 6.07) is 2.44. The summed E-state index contributed by atoms with van der Waals surface area (Å²) in [4.78, 5) is 13.9. The highest BCUT2D eigenvalue weighted by Crippen LogP contribution is 2.31. The van der Waals surface area contributed by atoms with Gasteiger partial charge in [0.05, 0.1) is 19.8 Å². The normalized spacial score (nSPS) is 21.0. The Morgan fingerprint density at radius 1 is 1.29 bits per heavy atom. The highest BCUT2D eigenvalue weighted by Gasteiger charge is 2.42. The molecule has 2 aliphatic rings. The highest BCUT2D eigenvalue weighted by molar-refractivity contribution is 5.95. The van der Waals surface area contributed by atoms with Crippen LogP contribution in [0.4, 0.5) is 8.78 Å². The molecule has 1 amide bonds. The fourth-order valence-electron chi connectivity index (χ4n) is 2.90. The summed E-state index contributed by atoms with van der Waals surface area (Å²) in [7, 11) is 0. The topological polar surface area (TPSA) is 38.8 Å². The van der Waals surface area contributed by atoms with Gasteiger partial charge in [-0.3, -0.25) is 4.79 Å². The molecule has 6 heteroatoms. The van der Waals surface area contributed by atoms with Crippen molar-refractivity contribution in [2.75, 3.05) is 26.3 Å². The minimum Gasteiger partial charge on any atom is -0.346 e. The van der Waals surface area contributed by atoms with Gasteiger partial charge in [0.25, 0.3) is 5.91 Å². The molecule has 2 saturated heterocycles. The van der Waals surface area contributed by atoms with Crippen LogP contribution in [0, 0.1) is 18.6 Å². The predicted octanol–water partition coefficient (Wildman–Crippen LogP) is 2.25. The van der Waals surface area contributed by atoms with Crippen LogP contribution in [0.1, 0.15) is 28.8 Å². The second kappa shape index (κ2) is 5.35. The zero-order chi connectivity index (χ0) is 15.0. The van der Waals surface area contributed by atoms with E-state index in [2.05, 4.69) is 0 Å². The summed E-state index contributed by atoms with van der Waals surface area (Å²) in [6.07, 6.45) is 1.37. The summed E-state index contributed by atoms with van der Waals surface area (Å²) < 4.78 is 39.1. The van der Waals surface area contributed by atoms with E-state index in [1.165, 1.54) is 17.9 Å². The Balaban J connectivity index is 1.87. The van der Waals surface area contributed by atoms with Crippen LogP contribution in [0.2, 0.25) is 0 Å². The van der Waals surface area contributed by atoms with E-state index in [9.17, 15) is 13.6 Å². The average Bonchev–Trinajstić information content (AvgIpc) is 2.91. The third kappa shape index (κ3) is 2.53. The first-order valence-corrected chi connectivity index (χ1v) is 7.04. The van der Waals surface area contributed by atoms with Gasteiger partial charge in [0, 0.05) is 13.0 Å². The maximum absolute atomic E-state index is 14.1. The van der Waals surface area contributed by atoms with E-state index < -0.39 is 28.9 Å². The highest BCUT2D eigenvalue weighted by atomic mass is 19.1. The van der Waals surface area contributed by atoms with Gasteiger partial charge in [-0.1, -0.05) is 6.07 Å². The molecule has 4 nitrogen and oxygen atoms in total. The van der Waals surface area contributed by atoms with Crippen molar-refractivity contribution in [3.8, 4) is 0 Å². The molecule has 1 aromatic rings. The predicted molar refractivity (Wildman–Crippen MR) is 70.9 cm³/mol. The molecule has 0 aromatic heterocycles. The number of benzene rings is 1. The van der Waals surface area contributed by atoms with Crippen molar-refractivity contribution in [2.45, 2.75) is 25.6 Å². The van der Waals surface area contributed by atoms with Gasteiger partial charge in [-0.25, -0.2) is 8.78 Å². The van der Waals surface area contributed by atoms with E-state index >= 15 is 0 Å². The number of hydrogen-bond acceptors (Lipinski definition) is 3. The number of ether oxygens (including phenoxy) is 2. The molecule has 2 aliphatic heterocycles. The Bertz CT molecular complexity index is 570. The number of likely N-dealkylation sites (tertiary alicyclic amines) is 1. The minimum atomic E-state index is -0.837. The molecule has 0 aliphatic carbocycles. The van der Waals surface area contributed by atoms with E-state index in [0.29, 0.717) is 32.6 Å². The van der Waals surface area contributed by atoms with Gasteiger partial charge in [0.15, 0.2) is 5.79 Å². The first-order valence-electron chi connectivity index (χ1n) is 7.04. The number of carbonyl (C=O) groups excluding carboxylic acids is 1. The number of nitrogens with zero attached hydrogens (tertiary/aromatic N) is 1. The lowest BCUT2D eigenvalue weighted by atomic mass is 10.0. The van der Waals surface area contributed by atoms with Gasteiger partial charge < -0.3 is 14.4 Å². The first-order chi connectivity index (χ1) is 10.0. The number of hydrogen-bond donors (Lipinski definition) is 0. The fraction of sp³-hybridized carbons (Fsp3) is 0.533. The maximum atomic E-state index is 14.1. The van der Waals surface area contributed by atoms with E-state index in [0.717, 1.165) is 6.07 Å². The molecule has 0 saturated carbocycles. The Morgan fingerprint density at radius 3 is 2.71 bits per heavy atom. The summed E-state index contributed by atoms with van der Waals surface area (Å²) in [5, 5.41) is 0. The van der Waals surface area contributed by atoms with Crippen LogP contribution in [0.5, 0.6) is 0 Å². The lowest BCUT2D eigenvalue weighted by Gasteiger charge is -2.38. The Morgan fingerprint density at radius 2 is 2.00 bits per heavy atom. The number of piperidine rings is 1. The Hall–Kier alpha value is -1.53. The van der Waals surface area contributed by atoms with Gasteiger partial charge in [-0.2, -0.15) is 0 Å². The van der Waals surface area contributed by atoms with E-state index in [1.807, 2.05) is 0 Å². The summed E-state index contributed by atoms with van der Waals surface area (Å²) in [5.74, 6) is -3.08. The summed E-state index contributed by atoms with van der Waals surface area (Å²) in [5.41, 5.74) is -0.245. The van der Waals surface area contributed by atoms with Gasteiger partial charge in [-0.05, 0) is 25.0 Å². The van der Waals surface area contributed by atoms with E-state index in [4.69, 9.17) is 9.47 Å². The Labute approximate surface area is 121 Å². The number of rotatable bonds is 1. The summed E-state index contributed by atoms with van der Waals surface area (Å²) in [6.45, 7) is 3.12. The smallest absolute Gasteiger partial charge is 0.260 e. The standard InChI is InChI=1S/C15H17F2NO3/c1-10-3-4-11(16)12(13(10)17)14(19)18-6-2-5-15(9-18)20-7-8-21-15/h3-4H,2,5-9H2,1H3. The van der Waals surface area contributed by atoms with Crippen LogP contribution in [0.25, 0.3) is 0 Å². The van der Waals surface area contributed by atoms with Crippen molar-refractivity contribution >= 4 is 5.91 Å². The molecular formula is C15H17F2NO3. The van der Waals surface area contributed by atoms with Crippen molar-refractivity contribution < 1.29 is 23.0 Å². The molecule has 0 N–H and O–H groups in total. The largest absolute Gasteiger partial charge is 0.346 e. The third-order valence-electron chi connectivity index (χ3n) is 4.02. The molecule has 1 aromatic carbocycles. The van der Waals surface area contributed by atoms with Crippen molar-refractivity contribution in [3.63, 3.8) is 0 Å². The first kappa shape index (κ1) is 14.4. The van der Waals surface area contributed by atoms with Crippen LogP contribution in [-0.4, -0.2) is 42.9 Å². The van der Waals surface area contributed by atoms with Gasteiger partial charge in [0.2, 0.25) is 0 Å². The van der Waals surface area contributed by atoms with Crippen molar-refractivity contribution in [1.82, 2.24) is 4.90 Å². The van der Waals surface area contributed by atoms with Gasteiger partial charge in [-0.15, -0.1) is 0 Å². The molecule has 2 fully saturated rings. The molecule has 0 radical (unpaired) electrons. The number of carbonyl (C=O) groups is 1. The van der Waals surface area contributed by atoms with Crippen LogP contribution in [-0.2, 0) is 9.47 Å². The summed E-state index contributed by atoms with van der Waals surface area (Å²) >= 11 is 0. The second-order valence-electron chi connectivity index (χ2n) is 5.49. The molecule has 3 rings (SSSR count). The molecule has 0 unspecified atom stereocenters. The minimum absolute atomic E-state index is 0.207. The van der Waals surface area contributed by atoms with E-state index in [1.54, 1.807) is 0 Å². The van der Waals surface area contributed by atoms with E-state index in [-0.39, 0.29) is 12.1 Å². The van der Waals surface area contributed by atoms with Gasteiger partial charge >= 0.3 is 0 Å². The van der Waals surface area contributed by atoms with Crippen LogP contribution >= 0.6 is 0 Å². The van der Waals surface area contributed by atoms with Crippen LogP contribution < -0.4 is 0 Å². The number of halogens is 2. The monoisotopic (exact) mass is 297 g/mol. The molecule has 1 spiro atoms. The molecule has 2 heterocycles. The lowest BCUT2D eigenvalue weighted by molar-refractivity contribution is -0.183. The zero-order valence-electron chi connectivity index (χ0n) is 11.8. The van der Waals surface area contributed by atoms with Crippen LogP contribution in [0.3, 0.4) is 0 Å². The lowest BCUT2D eigenvalue weighted by Crippen LogP contribution is -2.51. The molecule has 0 bridgehead atoms. The molecule has 21 heavy (non-hydrogen) atoms. The quantitative estimate of drug-likeness (QED) is 0.798. The Kier molecular flexibility index (Phi) is 3.67. The van der Waals surface area contributed by atoms with Crippen molar-refractivity contribution in [1.29, 1.82) is 0 Å². The van der Waals surface area contributed by atoms with Gasteiger partial charge in [0.1, 0.15) is 17.2 Å². The number of amides is 1. The third-order valence-corrected chi connectivity index (χ3v) is 4.02. The second-order valence-corrected chi connectivity index (χ2v) is 5.49.